The smallest absolute Gasteiger partial charge is 0.192 e. The maximum absolute atomic E-state index is 12.5. The van der Waals surface area contributed by atoms with Crippen LogP contribution in [0, 0.1) is 0 Å². The van der Waals surface area contributed by atoms with Crippen LogP contribution < -0.4 is 4.89 Å². The Kier molecular flexibility index (Phi) is 9.39. The highest BCUT2D eigenvalue weighted by atomic mass is 32.7. The fourth-order valence-corrected chi connectivity index (χ4v) is 5.76. The summed E-state index contributed by atoms with van der Waals surface area (Å²) in [6, 6.07) is -1.54. The summed E-state index contributed by atoms with van der Waals surface area (Å²) in [4.78, 5) is 12.5. The Bertz CT molecular complexity index is 543. The molecule has 8 nitrogen and oxygen atoms in total. The summed E-state index contributed by atoms with van der Waals surface area (Å²) in [5, 5.41) is 10.2. The number of hydrogen-bond acceptors (Lipinski definition) is 9. The van der Waals surface area contributed by atoms with E-state index in [1.165, 1.54) is 0 Å². The summed E-state index contributed by atoms with van der Waals surface area (Å²) in [7, 11) is 11.5. The van der Waals surface area contributed by atoms with E-state index < -0.39 is 43.2 Å². The minimum atomic E-state index is -4.38. The minimum Gasteiger partial charge on any atom is -0.770 e. The van der Waals surface area contributed by atoms with Gasteiger partial charge in [-0.15, -0.1) is 0 Å². The second kappa shape index (κ2) is 10.6. The van der Waals surface area contributed by atoms with E-state index >= 15 is 0 Å². The van der Waals surface area contributed by atoms with Crippen LogP contribution >= 0.6 is 18.2 Å². The summed E-state index contributed by atoms with van der Waals surface area (Å²) in [6.07, 6.45) is -3.60. The maximum Gasteiger partial charge on any atom is 0.192 e. The molecule has 2 aliphatic heterocycles. The van der Waals surface area contributed by atoms with Gasteiger partial charge >= 0.3 is 0 Å². The van der Waals surface area contributed by atoms with E-state index in [4.69, 9.17) is 39.2 Å². The van der Waals surface area contributed by atoms with Crippen molar-refractivity contribution in [3.63, 3.8) is 0 Å². The van der Waals surface area contributed by atoms with E-state index in [1.54, 1.807) is 0 Å². The van der Waals surface area contributed by atoms with Gasteiger partial charge in [0.1, 0.15) is 34.0 Å². The number of ether oxygens (including phenoxy) is 4. The van der Waals surface area contributed by atoms with Gasteiger partial charge in [-0.05, 0) is 34.1 Å². The second-order valence-electron chi connectivity index (χ2n) is 7.50. The lowest BCUT2D eigenvalue weighted by Crippen LogP contribution is -2.38. The highest BCUT2D eigenvalue weighted by Crippen LogP contribution is 2.54. The lowest BCUT2D eigenvalue weighted by Gasteiger charge is -2.31. The van der Waals surface area contributed by atoms with Crippen LogP contribution in [-0.2, 0) is 28.0 Å². The fourth-order valence-electron chi connectivity index (χ4n) is 3.05. The molecule has 2 heterocycles. The Labute approximate surface area is 173 Å². The van der Waals surface area contributed by atoms with E-state index in [0.29, 0.717) is 17.8 Å². The molecule has 0 aromatic carbocycles. The lowest BCUT2D eigenvalue weighted by molar-refractivity contribution is -0.198. The average molecular weight is 433 g/mol. The molecular weight excluding hydrogens is 405 g/mol. The summed E-state index contributed by atoms with van der Waals surface area (Å²) >= 11 is 0.594. The molecular formula is C16H28B2O8PS-. The molecule has 2 saturated heterocycles. The van der Waals surface area contributed by atoms with Crippen LogP contribution in [0.5, 0.6) is 0 Å². The molecule has 2 rings (SSSR count). The zero-order chi connectivity index (χ0) is 21.1. The van der Waals surface area contributed by atoms with Crippen molar-refractivity contribution in [2.24, 2.45) is 0 Å². The first-order chi connectivity index (χ1) is 13.0. The van der Waals surface area contributed by atoms with E-state index in [1.807, 2.05) is 27.7 Å². The molecule has 4 radical (unpaired) electrons. The zero-order valence-corrected chi connectivity index (χ0v) is 18.3. The van der Waals surface area contributed by atoms with Gasteiger partial charge in [0.05, 0.1) is 31.0 Å². The summed E-state index contributed by atoms with van der Waals surface area (Å²) in [5.74, 6) is 0.0920. The quantitative estimate of drug-likeness (QED) is 0.386. The SMILES string of the molecule is [B][C@@H]1O[C@H](COC(C)C)C(OP(=O)([O-])SC[C@H]2O[C@@H]([B])CC2OC(C)C)C1O. The molecule has 0 aromatic rings. The summed E-state index contributed by atoms with van der Waals surface area (Å²) < 4.78 is 39.9. The Morgan fingerprint density at radius 1 is 1.21 bits per heavy atom. The molecule has 0 aliphatic carbocycles. The average Bonchev–Trinajstić information content (AvgIpc) is 3.04. The number of hydrogen-bond donors (Lipinski definition) is 1. The number of aliphatic hydroxyl groups is 1. The lowest BCUT2D eigenvalue weighted by atomic mass is 9.93. The van der Waals surface area contributed by atoms with E-state index in [2.05, 4.69) is 0 Å². The first-order valence-corrected chi connectivity index (χ1v) is 12.5. The van der Waals surface area contributed by atoms with Crippen molar-refractivity contribution in [1.29, 1.82) is 0 Å². The Morgan fingerprint density at radius 2 is 1.89 bits per heavy atom. The molecule has 0 spiro atoms. The zero-order valence-electron chi connectivity index (χ0n) is 16.6. The summed E-state index contributed by atoms with van der Waals surface area (Å²) in [6.45, 7) is 3.11. The van der Waals surface area contributed by atoms with Gasteiger partial charge in [-0.3, -0.25) is 4.57 Å². The number of aliphatic hydroxyl groups excluding tert-OH is 1. The molecule has 0 aromatic heterocycles. The van der Waals surface area contributed by atoms with Crippen LogP contribution in [0.25, 0.3) is 0 Å². The third-order valence-corrected chi connectivity index (χ3v) is 7.24. The van der Waals surface area contributed by atoms with Crippen molar-refractivity contribution < 1.29 is 38.0 Å². The first-order valence-electron chi connectivity index (χ1n) is 9.39. The van der Waals surface area contributed by atoms with Crippen molar-refractivity contribution in [3.05, 3.63) is 0 Å². The van der Waals surface area contributed by atoms with E-state index in [9.17, 15) is 14.6 Å². The van der Waals surface area contributed by atoms with Gasteiger partial charge in [-0.2, -0.15) is 0 Å². The fraction of sp³-hybridized carbons (Fsp3) is 1.00. The van der Waals surface area contributed by atoms with Crippen LogP contribution in [0.2, 0.25) is 0 Å². The second-order valence-corrected chi connectivity index (χ2v) is 11.3. The molecule has 0 bridgehead atoms. The number of rotatable bonds is 10. The standard InChI is InChI=1S/C16H29B2O8PS/c1-8(2)22-6-11-15(14(19)16(18)25-11)26-27(20,21)28-7-12-10(23-9(3)4)5-13(17)24-12/h8-16,19H,5-7H2,1-4H3,(H,20,21)/p-1/t10?,11-,12-,13-,14?,15?,16-/m1/s1. The Balaban J connectivity index is 1.93. The molecule has 8 atom stereocenters. The molecule has 4 unspecified atom stereocenters. The normalized spacial score (nSPS) is 38.4. The van der Waals surface area contributed by atoms with Crippen molar-refractivity contribution in [3.8, 4) is 0 Å². The van der Waals surface area contributed by atoms with E-state index in [0.717, 1.165) is 0 Å². The largest absolute Gasteiger partial charge is 0.770 e. The van der Waals surface area contributed by atoms with Crippen molar-refractivity contribution in [1.82, 2.24) is 0 Å². The highest BCUT2D eigenvalue weighted by molar-refractivity contribution is 8.54. The topological polar surface area (TPSA) is 107 Å². The van der Waals surface area contributed by atoms with Crippen LogP contribution in [-0.4, -0.2) is 87.9 Å². The summed E-state index contributed by atoms with van der Waals surface area (Å²) in [5.41, 5.74) is 0. The molecule has 2 aliphatic rings. The Morgan fingerprint density at radius 3 is 2.50 bits per heavy atom. The molecule has 0 saturated carbocycles. The van der Waals surface area contributed by atoms with Gasteiger partial charge in [0.2, 0.25) is 0 Å². The van der Waals surface area contributed by atoms with Crippen molar-refractivity contribution in [2.75, 3.05) is 12.4 Å². The van der Waals surface area contributed by atoms with Crippen molar-refractivity contribution in [2.45, 2.75) is 88.9 Å². The van der Waals surface area contributed by atoms with Gasteiger partial charge in [0.25, 0.3) is 0 Å². The predicted molar refractivity (Wildman–Crippen MR) is 105 cm³/mol. The monoisotopic (exact) mass is 433 g/mol. The molecule has 158 valence electrons. The third-order valence-electron chi connectivity index (χ3n) is 4.29. The molecule has 2 fully saturated rings. The molecule has 0 amide bonds. The van der Waals surface area contributed by atoms with Crippen LogP contribution in [0.3, 0.4) is 0 Å². The molecule has 12 heteroatoms. The Hall–Kier alpha value is 0.430. The highest BCUT2D eigenvalue weighted by Gasteiger charge is 2.44. The van der Waals surface area contributed by atoms with Gasteiger partial charge in [-0.1, -0.05) is 11.4 Å². The molecule has 28 heavy (non-hydrogen) atoms. The molecule has 1 N–H and O–H groups in total. The van der Waals surface area contributed by atoms with Gasteiger partial charge in [0.15, 0.2) is 6.80 Å². The van der Waals surface area contributed by atoms with Crippen LogP contribution in [0.1, 0.15) is 34.1 Å². The van der Waals surface area contributed by atoms with Crippen molar-refractivity contribution >= 4 is 33.9 Å². The van der Waals surface area contributed by atoms with Crippen LogP contribution in [0.4, 0.5) is 0 Å². The minimum absolute atomic E-state index is 0.0318. The first kappa shape index (κ1) is 24.7. The predicted octanol–water partition coefficient (Wildman–Crippen LogP) is 0.330. The van der Waals surface area contributed by atoms with Gasteiger partial charge in [0, 0.05) is 17.8 Å². The third kappa shape index (κ3) is 7.29. The van der Waals surface area contributed by atoms with Crippen LogP contribution in [0.15, 0.2) is 0 Å². The van der Waals surface area contributed by atoms with Gasteiger partial charge in [-0.25, -0.2) is 0 Å². The van der Waals surface area contributed by atoms with E-state index in [-0.39, 0.29) is 30.7 Å². The van der Waals surface area contributed by atoms with Gasteiger partial charge < -0.3 is 33.5 Å². The maximum atomic E-state index is 12.5.